The van der Waals surface area contributed by atoms with Crippen molar-refractivity contribution in [2.75, 3.05) is 0 Å². The maximum Gasteiger partial charge on any atom is 0.279 e. The van der Waals surface area contributed by atoms with E-state index in [9.17, 15) is 20.1 Å². The van der Waals surface area contributed by atoms with E-state index >= 15 is 0 Å². The summed E-state index contributed by atoms with van der Waals surface area (Å²) in [6.45, 7) is 12.1. The van der Waals surface area contributed by atoms with E-state index in [1.54, 1.807) is 6.07 Å². The number of nitro groups is 1. The number of phenols is 1. The number of nitrogens with zero attached hydrogens (tertiary/aromatic N) is 2. The summed E-state index contributed by atoms with van der Waals surface area (Å²) in [4.78, 5) is 22.3. The van der Waals surface area contributed by atoms with Crippen molar-refractivity contribution >= 4 is 24.2 Å². The molecule has 0 unspecified atom stereocenters. The number of aromatic hydroxyl groups is 1. The Morgan fingerprint density at radius 2 is 1.46 bits per heavy atom. The molecule has 28 heavy (non-hydrogen) atoms. The molecule has 0 aliphatic heterocycles. The van der Waals surface area contributed by atoms with Crippen LogP contribution in [0.25, 0.3) is 0 Å². The zero-order valence-electron chi connectivity index (χ0n) is 17.1. The SMILES string of the molecule is CC(C)(C)c1cc(Cc2ccc([N+](=O)[S-])cc2[N+](=O)[O-])cc(C(C)(C)C)c1O. The number of hydrogen-bond donors (Lipinski definition) is 1. The smallest absolute Gasteiger partial charge is 0.279 e. The van der Waals surface area contributed by atoms with E-state index in [2.05, 4.69) is 12.8 Å². The van der Waals surface area contributed by atoms with Crippen LogP contribution in [0.3, 0.4) is 0 Å². The number of benzene rings is 2. The molecule has 150 valence electrons. The molecule has 0 aromatic heterocycles. The molecular formula is C21H26N2O4S. The molecule has 2 rings (SSSR count). The second-order valence-electron chi connectivity index (χ2n) is 9.04. The molecule has 0 bridgehead atoms. The number of rotatable bonds is 4. The Morgan fingerprint density at radius 1 is 0.964 bits per heavy atom. The average molecular weight is 403 g/mol. The molecule has 0 aliphatic rings. The summed E-state index contributed by atoms with van der Waals surface area (Å²) in [5.74, 6) is 0.265. The Hall–Kier alpha value is -2.54. The van der Waals surface area contributed by atoms with Crippen LogP contribution in [0.5, 0.6) is 5.75 Å². The lowest BCUT2D eigenvalue weighted by Crippen LogP contribution is -2.18. The molecule has 0 saturated carbocycles. The summed E-state index contributed by atoms with van der Waals surface area (Å²) >= 11 is 4.52. The quantitative estimate of drug-likeness (QED) is 0.322. The van der Waals surface area contributed by atoms with Gasteiger partial charge in [-0.05, 0) is 33.6 Å². The van der Waals surface area contributed by atoms with Gasteiger partial charge >= 0.3 is 0 Å². The Bertz CT molecular complexity index is 905. The molecule has 1 N–H and O–H groups in total. The molecule has 7 heteroatoms. The summed E-state index contributed by atoms with van der Waals surface area (Å²) in [5, 5.41) is 22.3. The van der Waals surface area contributed by atoms with Crippen LogP contribution >= 0.6 is 0 Å². The maximum absolute atomic E-state index is 11.5. The number of hydrogen-bond acceptors (Lipinski definition) is 5. The lowest BCUT2D eigenvalue weighted by Gasteiger charge is -2.28. The van der Waals surface area contributed by atoms with Crippen molar-refractivity contribution in [3.8, 4) is 5.75 Å². The molecule has 0 heterocycles. The highest BCUT2D eigenvalue weighted by molar-refractivity contribution is 7.51. The van der Waals surface area contributed by atoms with Gasteiger partial charge in [0.2, 0.25) is 5.69 Å². The van der Waals surface area contributed by atoms with Crippen molar-refractivity contribution in [3.05, 3.63) is 67.6 Å². The fourth-order valence-electron chi connectivity index (χ4n) is 3.14. The normalized spacial score (nSPS) is 12.1. The average Bonchev–Trinajstić information content (AvgIpc) is 2.54. The second-order valence-corrected chi connectivity index (χ2v) is 9.38. The minimum absolute atomic E-state index is 0.0573. The highest BCUT2D eigenvalue weighted by Crippen LogP contribution is 2.40. The van der Waals surface area contributed by atoms with E-state index in [1.165, 1.54) is 12.1 Å². The summed E-state index contributed by atoms with van der Waals surface area (Å²) < 4.78 is 0.187. The van der Waals surface area contributed by atoms with Crippen LogP contribution in [0.15, 0.2) is 30.3 Å². The number of nitroso groups, excluding NO2 is 1. The van der Waals surface area contributed by atoms with Crippen molar-refractivity contribution in [1.82, 2.24) is 0 Å². The molecule has 0 aliphatic carbocycles. The van der Waals surface area contributed by atoms with Gasteiger partial charge in [0.05, 0.1) is 11.0 Å². The molecule has 2 aromatic rings. The Kier molecular flexibility index (Phi) is 5.80. The number of nitro benzene ring substituents is 1. The van der Waals surface area contributed by atoms with E-state index in [-0.39, 0.29) is 32.1 Å². The molecule has 0 atom stereocenters. The van der Waals surface area contributed by atoms with Crippen molar-refractivity contribution in [3.63, 3.8) is 0 Å². The predicted molar refractivity (Wildman–Crippen MR) is 112 cm³/mol. The van der Waals surface area contributed by atoms with Crippen molar-refractivity contribution in [2.24, 2.45) is 0 Å². The van der Waals surface area contributed by atoms with E-state index in [0.29, 0.717) is 12.0 Å². The van der Waals surface area contributed by atoms with Crippen LogP contribution in [0.4, 0.5) is 11.4 Å². The van der Waals surface area contributed by atoms with Gasteiger partial charge in [-0.2, -0.15) is 0 Å². The second kappa shape index (κ2) is 7.47. The Labute approximate surface area is 170 Å². The van der Waals surface area contributed by atoms with Crippen LogP contribution in [0.2, 0.25) is 0 Å². The van der Waals surface area contributed by atoms with Crippen molar-refractivity contribution in [1.29, 1.82) is 0 Å². The summed E-state index contributed by atoms with van der Waals surface area (Å²) in [6, 6.07) is 8.04. The van der Waals surface area contributed by atoms with Crippen LogP contribution < -0.4 is 0 Å². The topological polar surface area (TPSA) is 83.5 Å². The van der Waals surface area contributed by atoms with Gasteiger partial charge in [0.1, 0.15) is 5.75 Å². The molecule has 0 radical (unpaired) electrons. The highest BCUT2D eigenvalue weighted by Gasteiger charge is 2.27. The van der Waals surface area contributed by atoms with E-state index < -0.39 is 4.92 Å². The Balaban J connectivity index is 2.64. The molecular weight excluding hydrogens is 376 g/mol. The standard InChI is InChI=1S/C21H26N2O4S/c1-20(2,3)16-10-13(11-17(19(16)24)21(4,5)6)9-14-7-8-15(23(27)28)12-18(14)22(25)26/h7-8,10-12,24H,9H2,1-6H3. The summed E-state index contributed by atoms with van der Waals surface area (Å²) in [6.07, 6.45) is 0.305. The van der Waals surface area contributed by atoms with Crippen LogP contribution in [0.1, 0.15) is 63.8 Å². The lowest BCUT2D eigenvalue weighted by molar-refractivity contribution is -0.386. The van der Waals surface area contributed by atoms with E-state index in [0.717, 1.165) is 16.7 Å². The predicted octanol–water partition coefficient (Wildman–Crippen LogP) is 5.36. The first-order valence-electron chi connectivity index (χ1n) is 9.00. The van der Waals surface area contributed by atoms with Gasteiger partial charge < -0.3 is 17.9 Å². The van der Waals surface area contributed by atoms with Gasteiger partial charge in [-0.25, -0.2) is 0 Å². The van der Waals surface area contributed by atoms with Crippen molar-refractivity contribution in [2.45, 2.75) is 58.8 Å². The molecule has 2 aromatic carbocycles. The Morgan fingerprint density at radius 3 is 1.86 bits per heavy atom. The molecule has 0 amide bonds. The van der Waals surface area contributed by atoms with Crippen molar-refractivity contribution < 1.29 is 14.2 Å². The van der Waals surface area contributed by atoms with E-state index in [4.69, 9.17) is 0 Å². The van der Waals surface area contributed by atoms with Gasteiger partial charge in [-0.3, -0.25) is 10.1 Å². The summed E-state index contributed by atoms with van der Waals surface area (Å²) in [5.41, 5.74) is 2.27. The van der Waals surface area contributed by atoms with E-state index in [1.807, 2.05) is 53.7 Å². The first kappa shape index (κ1) is 21.8. The van der Waals surface area contributed by atoms with Gasteiger partial charge in [0, 0.05) is 23.0 Å². The minimum Gasteiger partial charge on any atom is -0.507 e. The fourth-order valence-corrected chi connectivity index (χ4v) is 3.26. The molecule has 0 fully saturated rings. The minimum atomic E-state index is -0.507. The largest absolute Gasteiger partial charge is 0.507 e. The van der Waals surface area contributed by atoms with Gasteiger partial charge in [-0.15, -0.1) is 0 Å². The maximum atomic E-state index is 11.5. The van der Waals surface area contributed by atoms with Crippen LogP contribution in [-0.2, 0) is 30.1 Å². The molecule has 0 spiro atoms. The molecule has 0 saturated heterocycles. The van der Waals surface area contributed by atoms with Crippen LogP contribution in [0, 0.1) is 15.0 Å². The number of phenolic OH excluding ortho intramolecular Hbond substituents is 1. The zero-order chi connectivity index (χ0) is 21.4. The zero-order valence-corrected chi connectivity index (χ0v) is 17.9. The molecule has 6 nitrogen and oxygen atoms in total. The summed E-state index contributed by atoms with van der Waals surface area (Å²) in [7, 11) is 0. The fraction of sp³-hybridized carbons (Fsp3) is 0.429. The third kappa shape index (κ3) is 4.65. The first-order valence-corrected chi connectivity index (χ1v) is 9.37. The monoisotopic (exact) mass is 402 g/mol. The first-order chi connectivity index (χ1) is 12.7. The van der Waals surface area contributed by atoms with Gasteiger partial charge in [-0.1, -0.05) is 57.8 Å². The van der Waals surface area contributed by atoms with Crippen LogP contribution in [-0.4, -0.2) is 14.2 Å². The van der Waals surface area contributed by atoms with Gasteiger partial charge in [0.25, 0.3) is 5.69 Å². The third-order valence-corrected chi connectivity index (χ3v) is 4.87. The highest BCUT2D eigenvalue weighted by atomic mass is 32.1. The van der Waals surface area contributed by atoms with Gasteiger partial charge in [0.15, 0.2) is 0 Å². The third-order valence-electron chi connectivity index (χ3n) is 4.66. The lowest BCUT2D eigenvalue weighted by atomic mass is 9.78.